The van der Waals surface area contributed by atoms with Crippen molar-refractivity contribution in [2.45, 2.75) is 19.0 Å². The number of nitrogens with two attached hydrogens (primary N) is 1. The van der Waals surface area contributed by atoms with Gasteiger partial charge < -0.3 is 15.6 Å². The summed E-state index contributed by atoms with van der Waals surface area (Å²) in [5, 5.41) is 5.92. The average Bonchev–Trinajstić information content (AvgIpc) is 2.96. The van der Waals surface area contributed by atoms with Crippen LogP contribution in [0.3, 0.4) is 0 Å². The maximum Gasteiger partial charge on any atom is 0.471 e. The SMILES string of the molecule is Cl.NCCCC(=O)Nc1ccc(-c2noc(C(F)(F)F)n2)cc1. The standard InChI is InChI=1S/C13H13F3N4O2.ClH/c14-13(15,16)12-19-11(20-22-12)8-3-5-9(6-4-8)18-10(21)2-1-7-17;/h3-6H,1-2,7,17H2,(H,18,21);1H. The fourth-order valence-electron chi connectivity index (χ4n) is 1.64. The van der Waals surface area contributed by atoms with Crippen LogP contribution in [-0.4, -0.2) is 22.6 Å². The Balaban J connectivity index is 0.00000264. The van der Waals surface area contributed by atoms with Crippen LogP contribution >= 0.6 is 12.4 Å². The van der Waals surface area contributed by atoms with Gasteiger partial charge in [-0.1, -0.05) is 5.16 Å². The molecule has 10 heteroatoms. The predicted octanol–water partition coefficient (Wildman–Crippen LogP) is 2.85. The summed E-state index contributed by atoms with van der Waals surface area (Å²) in [6.07, 6.45) is -3.80. The Morgan fingerprint density at radius 3 is 2.43 bits per heavy atom. The van der Waals surface area contributed by atoms with E-state index in [1.54, 1.807) is 12.1 Å². The number of nitrogens with zero attached hydrogens (tertiary/aromatic N) is 2. The van der Waals surface area contributed by atoms with Gasteiger partial charge >= 0.3 is 12.1 Å². The van der Waals surface area contributed by atoms with Crippen LogP contribution in [-0.2, 0) is 11.0 Å². The van der Waals surface area contributed by atoms with Crippen LogP contribution in [0.1, 0.15) is 18.7 Å². The number of alkyl halides is 3. The van der Waals surface area contributed by atoms with Crippen molar-refractivity contribution in [3.8, 4) is 11.4 Å². The second-order valence-corrected chi connectivity index (χ2v) is 4.44. The molecule has 2 rings (SSSR count). The number of carbonyl (C=O) groups excluding carboxylic acids is 1. The van der Waals surface area contributed by atoms with Gasteiger partial charge in [0.05, 0.1) is 0 Å². The zero-order valence-corrected chi connectivity index (χ0v) is 12.6. The highest BCUT2D eigenvalue weighted by Crippen LogP contribution is 2.29. The molecule has 0 saturated heterocycles. The normalized spacial score (nSPS) is 11.0. The number of nitrogens with one attached hydrogen (secondary N) is 1. The van der Waals surface area contributed by atoms with Crippen LogP contribution in [0.15, 0.2) is 28.8 Å². The Morgan fingerprint density at radius 2 is 1.91 bits per heavy atom. The van der Waals surface area contributed by atoms with Gasteiger partial charge in [0.1, 0.15) is 0 Å². The van der Waals surface area contributed by atoms with Crippen LogP contribution in [0, 0.1) is 0 Å². The Bertz CT molecular complexity index is 643. The molecule has 6 nitrogen and oxygen atoms in total. The van der Waals surface area contributed by atoms with E-state index in [1.165, 1.54) is 12.1 Å². The number of hydrogen-bond acceptors (Lipinski definition) is 5. The molecule has 3 N–H and O–H groups in total. The number of aromatic nitrogens is 2. The molecule has 0 radical (unpaired) electrons. The lowest BCUT2D eigenvalue weighted by Crippen LogP contribution is -2.13. The molecule has 0 aliphatic carbocycles. The molecule has 0 bridgehead atoms. The first-order chi connectivity index (χ1) is 10.4. The monoisotopic (exact) mass is 350 g/mol. The van der Waals surface area contributed by atoms with Crippen LogP contribution in [0.25, 0.3) is 11.4 Å². The highest BCUT2D eigenvalue weighted by atomic mass is 35.5. The maximum absolute atomic E-state index is 12.4. The van der Waals surface area contributed by atoms with Crippen LogP contribution in [0.2, 0.25) is 0 Å². The zero-order valence-electron chi connectivity index (χ0n) is 11.8. The van der Waals surface area contributed by atoms with Crippen molar-refractivity contribution in [1.29, 1.82) is 0 Å². The molecule has 2 aromatic rings. The fraction of sp³-hybridized carbons (Fsp3) is 0.308. The van der Waals surface area contributed by atoms with Crippen LogP contribution in [0.5, 0.6) is 0 Å². The molecule has 1 aromatic heterocycles. The molecule has 0 saturated carbocycles. The van der Waals surface area contributed by atoms with E-state index in [0.717, 1.165) is 0 Å². The topological polar surface area (TPSA) is 94.0 Å². The second-order valence-electron chi connectivity index (χ2n) is 4.44. The summed E-state index contributed by atoms with van der Waals surface area (Å²) in [4.78, 5) is 14.8. The molecule has 1 aromatic carbocycles. The molecule has 126 valence electrons. The van der Waals surface area contributed by atoms with E-state index >= 15 is 0 Å². The summed E-state index contributed by atoms with van der Waals surface area (Å²) in [6, 6.07) is 6.06. The molecule has 0 fully saturated rings. The van der Waals surface area contributed by atoms with Crippen molar-refractivity contribution in [3.05, 3.63) is 30.2 Å². The quantitative estimate of drug-likeness (QED) is 0.864. The largest absolute Gasteiger partial charge is 0.471 e. The average molecular weight is 351 g/mol. The van der Waals surface area contributed by atoms with E-state index < -0.39 is 12.1 Å². The summed E-state index contributed by atoms with van der Waals surface area (Å²) in [5.74, 6) is -1.76. The minimum Gasteiger partial charge on any atom is -0.330 e. The van der Waals surface area contributed by atoms with E-state index in [4.69, 9.17) is 5.73 Å². The number of carbonyl (C=O) groups is 1. The smallest absolute Gasteiger partial charge is 0.330 e. The Labute approximate surface area is 135 Å². The number of rotatable bonds is 5. The van der Waals surface area contributed by atoms with Gasteiger partial charge in [0.15, 0.2) is 0 Å². The lowest BCUT2D eigenvalue weighted by Gasteiger charge is -2.04. The number of hydrogen-bond donors (Lipinski definition) is 2. The molecule has 0 spiro atoms. The van der Waals surface area contributed by atoms with Gasteiger partial charge in [0, 0.05) is 17.7 Å². The molecule has 1 amide bonds. The van der Waals surface area contributed by atoms with E-state index in [2.05, 4.69) is 20.0 Å². The second kappa shape index (κ2) is 7.93. The Hall–Kier alpha value is -2.13. The van der Waals surface area contributed by atoms with Gasteiger partial charge in [-0.2, -0.15) is 18.2 Å². The van der Waals surface area contributed by atoms with Gasteiger partial charge in [-0.15, -0.1) is 12.4 Å². The third-order valence-electron chi connectivity index (χ3n) is 2.70. The number of halogens is 4. The van der Waals surface area contributed by atoms with Gasteiger partial charge in [0.2, 0.25) is 11.7 Å². The third-order valence-corrected chi connectivity index (χ3v) is 2.70. The van der Waals surface area contributed by atoms with E-state index in [1.807, 2.05) is 0 Å². The van der Waals surface area contributed by atoms with Crippen molar-refractivity contribution in [1.82, 2.24) is 10.1 Å². The van der Waals surface area contributed by atoms with Crippen LogP contribution in [0.4, 0.5) is 18.9 Å². The summed E-state index contributed by atoms with van der Waals surface area (Å²) in [6.45, 7) is 0.422. The Morgan fingerprint density at radius 1 is 1.26 bits per heavy atom. The minimum atomic E-state index is -4.68. The fourth-order valence-corrected chi connectivity index (χ4v) is 1.64. The van der Waals surface area contributed by atoms with Crippen molar-refractivity contribution in [3.63, 3.8) is 0 Å². The highest BCUT2D eigenvalue weighted by molar-refractivity contribution is 5.90. The predicted molar refractivity (Wildman–Crippen MR) is 78.9 cm³/mol. The van der Waals surface area contributed by atoms with Crippen LogP contribution < -0.4 is 11.1 Å². The number of anilines is 1. The molecular weight excluding hydrogens is 337 g/mol. The highest BCUT2D eigenvalue weighted by Gasteiger charge is 2.38. The van der Waals surface area contributed by atoms with Gasteiger partial charge in [0.25, 0.3) is 0 Å². The molecule has 1 heterocycles. The van der Waals surface area contributed by atoms with Crippen molar-refractivity contribution < 1.29 is 22.5 Å². The maximum atomic E-state index is 12.4. The molecule has 0 aliphatic rings. The molecule has 23 heavy (non-hydrogen) atoms. The zero-order chi connectivity index (χ0) is 16.2. The van der Waals surface area contributed by atoms with Crippen molar-refractivity contribution in [2.24, 2.45) is 5.73 Å². The molecule has 0 unspecified atom stereocenters. The van der Waals surface area contributed by atoms with Gasteiger partial charge in [-0.3, -0.25) is 4.79 Å². The number of benzene rings is 1. The molecule has 0 atom stereocenters. The summed E-state index contributed by atoms with van der Waals surface area (Å²) in [5.41, 5.74) is 6.17. The van der Waals surface area contributed by atoms with Crippen molar-refractivity contribution in [2.75, 3.05) is 11.9 Å². The van der Waals surface area contributed by atoms with E-state index in [9.17, 15) is 18.0 Å². The van der Waals surface area contributed by atoms with Gasteiger partial charge in [-0.25, -0.2) is 0 Å². The third kappa shape index (κ3) is 5.22. The Kier molecular flexibility index (Phi) is 6.52. The molecule has 0 aliphatic heterocycles. The summed E-state index contributed by atoms with van der Waals surface area (Å²) >= 11 is 0. The first kappa shape index (κ1) is 18.9. The summed E-state index contributed by atoms with van der Waals surface area (Å²) in [7, 11) is 0. The minimum absolute atomic E-state index is 0. The first-order valence-corrected chi connectivity index (χ1v) is 6.41. The number of amides is 1. The lowest BCUT2D eigenvalue weighted by molar-refractivity contribution is -0.159. The van der Waals surface area contributed by atoms with E-state index in [0.29, 0.717) is 30.6 Å². The van der Waals surface area contributed by atoms with E-state index in [-0.39, 0.29) is 24.1 Å². The summed E-state index contributed by atoms with van der Waals surface area (Å²) < 4.78 is 41.3. The molecular formula is C13H14ClF3N4O2. The van der Waals surface area contributed by atoms with Gasteiger partial charge in [-0.05, 0) is 37.2 Å². The lowest BCUT2D eigenvalue weighted by atomic mass is 10.2. The first-order valence-electron chi connectivity index (χ1n) is 6.41. The van der Waals surface area contributed by atoms with Crippen molar-refractivity contribution >= 4 is 24.0 Å².